The van der Waals surface area contributed by atoms with Crippen LogP contribution < -0.4 is 20.5 Å². The summed E-state index contributed by atoms with van der Waals surface area (Å²) in [5.74, 6) is 1.26. The first kappa shape index (κ1) is 21.1. The minimum absolute atomic E-state index is 0.183. The number of rotatable bonds is 8. The van der Waals surface area contributed by atoms with Crippen LogP contribution >= 0.6 is 0 Å². The summed E-state index contributed by atoms with van der Waals surface area (Å²) in [6.07, 6.45) is 0.933. The van der Waals surface area contributed by atoms with Crippen LogP contribution in [0, 0.1) is 0 Å². The number of hydrogen-bond acceptors (Lipinski definition) is 6. The number of anilines is 1. The molecule has 0 fully saturated rings. The van der Waals surface area contributed by atoms with E-state index >= 15 is 0 Å². The van der Waals surface area contributed by atoms with Crippen molar-refractivity contribution >= 4 is 11.6 Å². The number of carbonyl (C=O) groups excluding carboxylic acids is 1. The second-order valence-electron chi connectivity index (χ2n) is 7.14. The number of para-hydroxylation sites is 1. The van der Waals surface area contributed by atoms with Crippen molar-refractivity contribution in [2.24, 2.45) is 5.73 Å². The molecule has 29 heavy (non-hydrogen) atoms. The molecule has 0 spiro atoms. The summed E-state index contributed by atoms with van der Waals surface area (Å²) in [6, 6.07) is 11.2. The summed E-state index contributed by atoms with van der Waals surface area (Å²) in [5.41, 5.74) is 10.2. The lowest BCUT2D eigenvalue weighted by Gasteiger charge is -2.30. The molecule has 7 heteroatoms. The molecule has 0 saturated carbocycles. The largest absolute Gasteiger partial charge is 0.493 e. The van der Waals surface area contributed by atoms with E-state index < -0.39 is 6.04 Å². The topological polar surface area (TPSA) is 86.0 Å². The number of fused-ring (bicyclic) bond motifs is 1. The molecule has 0 bridgehead atoms. The quantitative estimate of drug-likeness (QED) is 0.708. The maximum absolute atomic E-state index is 12.3. The summed E-state index contributed by atoms with van der Waals surface area (Å²) in [5, 5.41) is 2.93. The summed E-state index contributed by atoms with van der Waals surface area (Å²) < 4.78 is 15.8. The van der Waals surface area contributed by atoms with Gasteiger partial charge >= 0.3 is 0 Å². The third-order valence-electron chi connectivity index (χ3n) is 5.15. The van der Waals surface area contributed by atoms with Crippen LogP contribution in [0.5, 0.6) is 11.5 Å². The fourth-order valence-electron chi connectivity index (χ4n) is 3.58. The summed E-state index contributed by atoms with van der Waals surface area (Å²) in [6.45, 7) is 2.64. The zero-order valence-electron chi connectivity index (χ0n) is 17.2. The molecule has 1 unspecified atom stereocenters. The number of nitrogens with one attached hydrogen (secondary N) is 1. The Bertz CT molecular complexity index is 856. The minimum atomic E-state index is -0.697. The van der Waals surface area contributed by atoms with E-state index in [1.807, 2.05) is 24.3 Å². The molecule has 3 N–H and O–H groups in total. The molecular weight excluding hydrogens is 370 g/mol. The monoisotopic (exact) mass is 399 g/mol. The second kappa shape index (κ2) is 9.73. The first-order chi connectivity index (χ1) is 14.0. The summed E-state index contributed by atoms with van der Waals surface area (Å²) in [7, 11) is 4.83. The first-order valence-corrected chi connectivity index (χ1v) is 9.65. The number of amides is 1. The van der Waals surface area contributed by atoms with Gasteiger partial charge in [-0.05, 0) is 41.3 Å². The van der Waals surface area contributed by atoms with Gasteiger partial charge < -0.3 is 25.3 Å². The van der Waals surface area contributed by atoms with Gasteiger partial charge in [0, 0.05) is 32.4 Å². The van der Waals surface area contributed by atoms with Crippen LogP contribution in [0.15, 0.2) is 36.4 Å². The fourth-order valence-corrected chi connectivity index (χ4v) is 3.58. The van der Waals surface area contributed by atoms with Crippen molar-refractivity contribution in [3.05, 3.63) is 53.1 Å². The molecule has 0 aromatic heterocycles. The van der Waals surface area contributed by atoms with Gasteiger partial charge in [0.2, 0.25) is 5.91 Å². The highest BCUT2D eigenvalue weighted by molar-refractivity contribution is 5.95. The molecule has 1 aliphatic heterocycles. The third kappa shape index (κ3) is 5.06. The van der Waals surface area contributed by atoms with E-state index in [1.165, 1.54) is 18.2 Å². The lowest BCUT2D eigenvalue weighted by Crippen LogP contribution is -2.39. The maximum atomic E-state index is 12.3. The minimum Gasteiger partial charge on any atom is -0.493 e. The van der Waals surface area contributed by atoms with Crippen LogP contribution in [-0.4, -0.2) is 51.3 Å². The number of carbonyl (C=O) groups is 1. The molecule has 0 aliphatic carbocycles. The van der Waals surface area contributed by atoms with E-state index in [9.17, 15) is 4.79 Å². The van der Waals surface area contributed by atoms with E-state index in [4.69, 9.17) is 19.9 Å². The average molecular weight is 399 g/mol. The van der Waals surface area contributed by atoms with Crippen LogP contribution in [0.3, 0.4) is 0 Å². The smallest absolute Gasteiger partial charge is 0.243 e. The van der Waals surface area contributed by atoms with Crippen molar-refractivity contribution in [3.8, 4) is 11.5 Å². The molecule has 0 radical (unpaired) electrons. The molecule has 7 nitrogen and oxygen atoms in total. The van der Waals surface area contributed by atoms with Gasteiger partial charge in [-0.1, -0.05) is 18.2 Å². The van der Waals surface area contributed by atoms with Crippen LogP contribution in [0.2, 0.25) is 0 Å². The van der Waals surface area contributed by atoms with E-state index in [1.54, 1.807) is 14.2 Å². The summed E-state index contributed by atoms with van der Waals surface area (Å²) >= 11 is 0. The standard InChI is InChI=1S/C22H29N3O4/c1-27-14-18(23)22(26)24-19-7-5-4-6-16(19)12-25-9-8-15-10-20(28-2)21(29-3)11-17(15)13-25/h4-7,10-11,18H,8-9,12-14,23H2,1-3H3,(H,24,26). The van der Waals surface area contributed by atoms with Crippen molar-refractivity contribution in [2.75, 3.05) is 39.8 Å². The van der Waals surface area contributed by atoms with Crippen LogP contribution in [0.1, 0.15) is 16.7 Å². The van der Waals surface area contributed by atoms with Gasteiger partial charge in [0.15, 0.2) is 11.5 Å². The Labute approximate surface area is 171 Å². The van der Waals surface area contributed by atoms with E-state index in [0.717, 1.165) is 48.8 Å². The Balaban J connectivity index is 1.73. The number of benzene rings is 2. The zero-order valence-corrected chi connectivity index (χ0v) is 17.2. The Morgan fingerprint density at radius 2 is 1.83 bits per heavy atom. The maximum Gasteiger partial charge on any atom is 0.243 e. The fraction of sp³-hybridized carbons (Fsp3) is 0.409. The average Bonchev–Trinajstić information content (AvgIpc) is 2.74. The first-order valence-electron chi connectivity index (χ1n) is 9.65. The van der Waals surface area contributed by atoms with Crippen molar-refractivity contribution in [2.45, 2.75) is 25.6 Å². The molecule has 2 aromatic carbocycles. The highest BCUT2D eigenvalue weighted by Gasteiger charge is 2.21. The molecule has 2 aromatic rings. The van der Waals surface area contributed by atoms with Gasteiger partial charge in [0.05, 0.1) is 20.8 Å². The lowest BCUT2D eigenvalue weighted by molar-refractivity contribution is -0.118. The normalized spacial score (nSPS) is 14.8. The number of ether oxygens (including phenoxy) is 3. The second-order valence-corrected chi connectivity index (χ2v) is 7.14. The van der Waals surface area contributed by atoms with Gasteiger partial charge in [0.25, 0.3) is 0 Å². The number of methoxy groups -OCH3 is 3. The molecule has 1 heterocycles. The van der Waals surface area contributed by atoms with Gasteiger partial charge in [0.1, 0.15) is 6.04 Å². The molecule has 1 atom stereocenters. The zero-order chi connectivity index (χ0) is 20.8. The van der Waals surface area contributed by atoms with Crippen molar-refractivity contribution < 1.29 is 19.0 Å². The van der Waals surface area contributed by atoms with Crippen LogP contribution in [0.4, 0.5) is 5.69 Å². The van der Waals surface area contributed by atoms with Crippen LogP contribution in [0.25, 0.3) is 0 Å². The number of nitrogens with zero attached hydrogens (tertiary/aromatic N) is 1. The Hall–Kier alpha value is -2.61. The SMILES string of the molecule is COCC(N)C(=O)Nc1ccccc1CN1CCc2cc(OC)c(OC)cc2C1. The van der Waals surface area contributed by atoms with Crippen molar-refractivity contribution in [3.63, 3.8) is 0 Å². The van der Waals surface area contributed by atoms with Gasteiger partial charge in [-0.25, -0.2) is 0 Å². The Morgan fingerprint density at radius 3 is 2.52 bits per heavy atom. The van der Waals surface area contributed by atoms with Gasteiger partial charge in [-0.15, -0.1) is 0 Å². The van der Waals surface area contributed by atoms with Gasteiger partial charge in [-0.3, -0.25) is 9.69 Å². The third-order valence-corrected chi connectivity index (χ3v) is 5.15. The lowest BCUT2D eigenvalue weighted by atomic mass is 9.98. The molecule has 0 saturated heterocycles. The molecular formula is C22H29N3O4. The van der Waals surface area contributed by atoms with Crippen molar-refractivity contribution in [1.29, 1.82) is 0 Å². The molecule has 156 valence electrons. The highest BCUT2D eigenvalue weighted by atomic mass is 16.5. The van der Waals surface area contributed by atoms with E-state index in [2.05, 4.69) is 22.3 Å². The summed E-state index contributed by atoms with van der Waals surface area (Å²) in [4.78, 5) is 14.6. The Kier molecular flexibility index (Phi) is 7.09. The number of hydrogen-bond donors (Lipinski definition) is 2. The highest BCUT2D eigenvalue weighted by Crippen LogP contribution is 2.33. The van der Waals surface area contributed by atoms with E-state index in [-0.39, 0.29) is 12.5 Å². The predicted molar refractivity (Wildman–Crippen MR) is 112 cm³/mol. The Morgan fingerprint density at radius 1 is 1.14 bits per heavy atom. The van der Waals surface area contributed by atoms with Gasteiger partial charge in [-0.2, -0.15) is 0 Å². The predicted octanol–water partition coefficient (Wildman–Crippen LogP) is 2.17. The van der Waals surface area contributed by atoms with Crippen molar-refractivity contribution in [1.82, 2.24) is 4.90 Å². The molecule has 1 aliphatic rings. The number of nitrogens with two attached hydrogens (primary N) is 1. The molecule has 1 amide bonds. The van der Waals surface area contributed by atoms with E-state index in [0.29, 0.717) is 0 Å². The molecule has 3 rings (SSSR count). The van der Waals surface area contributed by atoms with Crippen LogP contribution in [-0.2, 0) is 29.0 Å².